The molecule has 3 nitrogen and oxygen atoms in total. The maximum Gasteiger partial charge on any atom is 0.319 e. The number of alkyl halides is 2. The van der Waals surface area contributed by atoms with Gasteiger partial charge in [0, 0.05) is 24.0 Å². The second-order valence-corrected chi connectivity index (χ2v) is 4.77. The number of halogens is 3. The number of hydrogen-bond acceptors (Lipinski definition) is 2. The topological polar surface area (TPSA) is 21.1 Å². The van der Waals surface area contributed by atoms with Crippen LogP contribution in [-0.4, -0.2) is 21.5 Å². The number of nitrogens with zero attached hydrogens (tertiary/aromatic N) is 3. The molecule has 1 aromatic carbocycles. The van der Waals surface area contributed by atoms with Gasteiger partial charge in [0.2, 0.25) is 0 Å². The van der Waals surface area contributed by atoms with Gasteiger partial charge < -0.3 is 0 Å². The van der Waals surface area contributed by atoms with E-state index in [2.05, 4.69) is 4.98 Å². The van der Waals surface area contributed by atoms with Crippen LogP contribution in [0.4, 0.5) is 8.78 Å². The first-order chi connectivity index (χ1) is 9.06. The van der Waals surface area contributed by atoms with E-state index in [0.29, 0.717) is 23.9 Å². The van der Waals surface area contributed by atoms with E-state index in [-0.39, 0.29) is 0 Å². The van der Waals surface area contributed by atoms with Crippen LogP contribution in [0, 0.1) is 0 Å². The van der Waals surface area contributed by atoms with Crippen LogP contribution in [0.3, 0.4) is 0 Å². The molecule has 0 atom stereocenters. The van der Waals surface area contributed by atoms with E-state index < -0.39 is 6.55 Å². The smallest absolute Gasteiger partial charge is 0.295 e. The molecule has 6 heteroatoms. The van der Waals surface area contributed by atoms with Gasteiger partial charge in [0.1, 0.15) is 5.82 Å². The molecule has 2 aromatic rings. The van der Waals surface area contributed by atoms with E-state index in [1.807, 2.05) is 30.1 Å². The summed E-state index contributed by atoms with van der Waals surface area (Å²) in [6.07, 6.45) is 2.67. The molecule has 1 aromatic heterocycles. The number of hydrogen-bond donors (Lipinski definition) is 0. The normalized spacial score (nSPS) is 11.5. The van der Waals surface area contributed by atoms with Gasteiger partial charge in [-0.25, -0.2) is 4.98 Å². The van der Waals surface area contributed by atoms with E-state index in [4.69, 9.17) is 11.6 Å². The third-order valence-electron chi connectivity index (χ3n) is 2.71. The zero-order valence-corrected chi connectivity index (χ0v) is 11.2. The lowest BCUT2D eigenvalue weighted by atomic mass is 10.2. The largest absolute Gasteiger partial charge is 0.319 e. The second kappa shape index (κ2) is 6.12. The van der Waals surface area contributed by atoms with Gasteiger partial charge in [-0.15, -0.1) is 0 Å². The summed E-state index contributed by atoms with van der Waals surface area (Å²) < 4.78 is 26.2. The maximum absolute atomic E-state index is 12.7. The van der Waals surface area contributed by atoms with Crippen molar-refractivity contribution in [3.8, 4) is 0 Å². The highest BCUT2D eigenvalue weighted by atomic mass is 35.5. The third-order valence-corrected chi connectivity index (χ3v) is 2.95. The molecule has 0 unspecified atom stereocenters. The molecule has 0 aliphatic carbocycles. The molecule has 0 fully saturated rings. The highest BCUT2D eigenvalue weighted by molar-refractivity contribution is 6.30. The van der Waals surface area contributed by atoms with Crippen LogP contribution in [0.25, 0.3) is 0 Å². The Balaban J connectivity index is 2.01. The van der Waals surface area contributed by atoms with Gasteiger partial charge in [0.25, 0.3) is 0 Å². The molecule has 0 N–H and O–H groups in total. The van der Waals surface area contributed by atoms with Gasteiger partial charge in [0.05, 0.1) is 6.54 Å². The first-order valence-electron chi connectivity index (χ1n) is 5.79. The molecule has 0 saturated carbocycles. The van der Waals surface area contributed by atoms with Gasteiger partial charge >= 0.3 is 6.55 Å². The lowest BCUT2D eigenvalue weighted by Crippen LogP contribution is -2.20. The molecule has 0 bridgehead atoms. The van der Waals surface area contributed by atoms with Crippen LogP contribution in [-0.2, 0) is 13.1 Å². The fraction of sp³-hybridized carbons (Fsp3) is 0.308. The highest BCUT2D eigenvalue weighted by Gasteiger charge is 2.13. The van der Waals surface area contributed by atoms with E-state index in [1.54, 1.807) is 6.07 Å². The average Bonchev–Trinajstić information content (AvgIpc) is 2.76. The van der Waals surface area contributed by atoms with E-state index in [1.165, 1.54) is 12.4 Å². The molecular weight excluding hydrogens is 272 g/mol. The van der Waals surface area contributed by atoms with E-state index in [9.17, 15) is 8.78 Å². The molecule has 0 radical (unpaired) electrons. The summed E-state index contributed by atoms with van der Waals surface area (Å²) in [5, 5.41) is 0.667. The van der Waals surface area contributed by atoms with Crippen molar-refractivity contribution in [1.29, 1.82) is 0 Å². The third kappa shape index (κ3) is 3.75. The lowest BCUT2D eigenvalue weighted by Gasteiger charge is -2.17. The minimum atomic E-state index is -2.56. The Hall–Kier alpha value is -1.46. The van der Waals surface area contributed by atoms with Crippen LogP contribution in [0.2, 0.25) is 5.02 Å². The van der Waals surface area contributed by atoms with Gasteiger partial charge in [-0.3, -0.25) is 9.47 Å². The summed E-state index contributed by atoms with van der Waals surface area (Å²) in [7, 11) is 1.85. The summed E-state index contributed by atoms with van der Waals surface area (Å²) >= 11 is 5.90. The fourth-order valence-electron chi connectivity index (χ4n) is 1.89. The minimum Gasteiger partial charge on any atom is -0.295 e. The average molecular weight is 286 g/mol. The Morgan fingerprint density at radius 2 is 2.16 bits per heavy atom. The molecule has 1 heterocycles. The van der Waals surface area contributed by atoms with Gasteiger partial charge in [-0.1, -0.05) is 23.7 Å². The van der Waals surface area contributed by atoms with Crippen LogP contribution in [0.15, 0.2) is 36.7 Å². The lowest BCUT2D eigenvalue weighted by molar-refractivity contribution is 0.0644. The van der Waals surface area contributed by atoms with Gasteiger partial charge in [-0.2, -0.15) is 8.78 Å². The molecule has 0 amide bonds. The zero-order chi connectivity index (χ0) is 13.8. The predicted octanol–water partition coefficient (Wildman–Crippen LogP) is 3.56. The van der Waals surface area contributed by atoms with Crippen molar-refractivity contribution in [1.82, 2.24) is 14.5 Å². The summed E-state index contributed by atoms with van der Waals surface area (Å²) in [4.78, 5) is 5.86. The summed E-state index contributed by atoms with van der Waals surface area (Å²) in [5.74, 6) is 0.347. The molecule has 102 valence electrons. The fourth-order valence-corrected chi connectivity index (χ4v) is 2.10. The first kappa shape index (κ1) is 14.0. The van der Waals surface area contributed by atoms with E-state index in [0.717, 1.165) is 10.1 Å². The Kier molecular flexibility index (Phi) is 4.50. The number of benzene rings is 1. The van der Waals surface area contributed by atoms with Crippen molar-refractivity contribution in [2.45, 2.75) is 19.6 Å². The molecule has 19 heavy (non-hydrogen) atoms. The summed E-state index contributed by atoms with van der Waals surface area (Å²) in [6.45, 7) is -1.59. The second-order valence-electron chi connectivity index (χ2n) is 4.33. The standard InChI is InChI=1S/C13H14ClF2N3/c1-18(8-10-3-2-4-11(14)7-10)9-12-17-5-6-19(12)13(15)16/h2-7,13H,8-9H2,1H3. The van der Waals surface area contributed by atoms with Crippen molar-refractivity contribution in [2.75, 3.05) is 7.05 Å². The van der Waals surface area contributed by atoms with Crippen LogP contribution >= 0.6 is 11.6 Å². The molecule has 0 spiro atoms. The number of imidazole rings is 1. The number of rotatable bonds is 5. The van der Waals surface area contributed by atoms with Crippen molar-refractivity contribution in [3.63, 3.8) is 0 Å². The Labute approximate surface area is 115 Å². The monoisotopic (exact) mass is 285 g/mol. The molecule has 0 saturated heterocycles. The first-order valence-corrected chi connectivity index (χ1v) is 6.17. The molecular formula is C13H14ClF2N3. The van der Waals surface area contributed by atoms with Crippen molar-refractivity contribution in [2.24, 2.45) is 0 Å². The predicted molar refractivity (Wildman–Crippen MR) is 70.1 cm³/mol. The SMILES string of the molecule is CN(Cc1cccc(Cl)c1)Cc1nccn1C(F)F. The van der Waals surface area contributed by atoms with Crippen LogP contribution in [0.5, 0.6) is 0 Å². The highest BCUT2D eigenvalue weighted by Crippen LogP contribution is 2.16. The minimum absolute atomic E-state index is 0.347. The summed E-state index contributed by atoms with van der Waals surface area (Å²) in [6, 6.07) is 7.47. The molecule has 0 aliphatic heterocycles. The van der Waals surface area contributed by atoms with Crippen molar-refractivity contribution >= 4 is 11.6 Å². The van der Waals surface area contributed by atoms with Gasteiger partial charge in [-0.05, 0) is 24.7 Å². The Morgan fingerprint density at radius 1 is 1.37 bits per heavy atom. The summed E-state index contributed by atoms with van der Waals surface area (Å²) in [5.41, 5.74) is 1.03. The Morgan fingerprint density at radius 3 is 2.84 bits per heavy atom. The number of aromatic nitrogens is 2. The van der Waals surface area contributed by atoms with Crippen molar-refractivity contribution < 1.29 is 8.78 Å². The maximum atomic E-state index is 12.7. The quantitative estimate of drug-likeness (QED) is 0.837. The molecule has 2 rings (SSSR count). The van der Waals surface area contributed by atoms with Crippen LogP contribution < -0.4 is 0 Å². The molecule has 0 aliphatic rings. The van der Waals surface area contributed by atoms with Gasteiger partial charge in [0.15, 0.2) is 0 Å². The Bertz CT molecular complexity index is 542. The van der Waals surface area contributed by atoms with Crippen LogP contribution in [0.1, 0.15) is 17.9 Å². The zero-order valence-electron chi connectivity index (χ0n) is 10.4. The van der Waals surface area contributed by atoms with Crippen molar-refractivity contribution in [3.05, 3.63) is 53.1 Å². The van der Waals surface area contributed by atoms with E-state index >= 15 is 0 Å².